The maximum atomic E-state index is 5.71. The van der Waals surface area contributed by atoms with Gasteiger partial charge < -0.3 is 9.15 Å². The van der Waals surface area contributed by atoms with E-state index in [1.165, 1.54) is 0 Å². The molecule has 7 heteroatoms. The van der Waals surface area contributed by atoms with E-state index < -0.39 is 0 Å². The molecule has 2 aromatic heterocycles. The number of methoxy groups -OCH3 is 1. The van der Waals surface area contributed by atoms with Gasteiger partial charge >= 0.3 is 0 Å². The number of H-pyrrole nitrogens is 1. The highest BCUT2D eigenvalue weighted by Crippen LogP contribution is 2.22. The van der Waals surface area contributed by atoms with Crippen LogP contribution < -0.4 is 0 Å². The van der Waals surface area contributed by atoms with Gasteiger partial charge in [-0.25, -0.2) is 0 Å². The summed E-state index contributed by atoms with van der Waals surface area (Å²) in [4.78, 5) is 0. The first-order valence-corrected chi connectivity index (χ1v) is 5.41. The molecule has 0 spiro atoms. The molecule has 0 saturated carbocycles. The van der Waals surface area contributed by atoms with Crippen molar-refractivity contribution in [3.63, 3.8) is 0 Å². The van der Waals surface area contributed by atoms with Crippen LogP contribution in [0, 0.1) is 4.77 Å². The van der Waals surface area contributed by atoms with Gasteiger partial charge in [-0.2, -0.15) is 5.10 Å². The lowest BCUT2D eigenvalue weighted by molar-refractivity contribution is 0.187. The highest BCUT2D eigenvalue weighted by atomic mass is 35.5. The first-order valence-electron chi connectivity index (χ1n) is 4.62. The minimum atomic E-state index is 0.321. The van der Waals surface area contributed by atoms with Crippen molar-refractivity contribution in [2.45, 2.75) is 6.54 Å². The number of rotatable bonds is 4. The van der Waals surface area contributed by atoms with E-state index in [9.17, 15) is 0 Å². The Labute approximate surface area is 102 Å². The van der Waals surface area contributed by atoms with E-state index in [1.54, 1.807) is 23.8 Å². The van der Waals surface area contributed by atoms with Crippen LogP contribution in [0.3, 0.4) is 0 Å². The van der Waals surface area contributed by atoms with Crippen molar-refractivity contribution in [2.75, 3.05) is 13.7 Å². The van der Waals surface area contributed by atoms with E-state index in [-0.39, 0.29) is 0 Å². The third-order valence-electron chi connectivity index (χ3n) is 2.07. The summed E-state index contributed by atoms with van der Waals surface area (Å²) in [6.07, 6.45) is 0. The van der Waals surface area contributed by atoms with Crippen LogP contribution in [0.2, 0.25) is 5.22 Å². The van der Waals surface area contributed by atoms with Crippen LogP contribution in [0.15, 0.2) is 16.5 Å². The van der Waals surface area contributed by atoms with E-state index in [4.69, 9.17) is 33.0 Å². The number of hydrogen-bond donors (Lipinski definition) is 1. The van der Waals surface area contributed by atoms with E-state index in [0.29, 0.717) is 34.7 Å². The van der Waals surface area contributed by atoms with Gasteiger partial charge in [0, 0.05) is 7.11 Å². The van der Waals surface area contributed by atoms with Crippen molar-refractivity contribution in [3.8, 4) is 11.6 Å². The van der Waals surface area contributed by atoms with Gasteiger partial charge in [0.05, 0.1) is 13.2 Å². The lowest BCUT2D eigenvalue weighted by Crippen LogP contribution is -2.05. The molecular weight excluding hydrogens is 250 g/mol. The molecule has 0 bridgehead atoms. The largest absolute Gasteiger partial charge is 0.441 e. The highest BCUT2D eigenvalue weighted by molar-refractivity contribution is 7.71. The molecule has 0 aliphatic carbocycles. The molecule has 0 aliphatic rings. The molecule has 0 radical (unpaired) electrons. The van der Waals surface area contributed by atoms with Crippen LogP contribution in [0.1, 0.15) is 0 Å². The van der Waals surface area contributed by atoms with Crippen LogP contribution in [-0.4, -0.2) is 28.5 Å². The number of furan rings is 1. The van der Waals surface area contributed by atoms with Crippen LogP contribution in [0.5, 0.6) is 0 Å². The summed E-state index contributed by atoms with van der Waals surface area (Å²) < 4.78 is 12.6. The van der Waals surface area contributed by atoms with Crippen LogP contribution >= 0.6 is 23.8 Å². The molecule has 1 N–H and O–H groups in total. The molecule has 0 aliphatic heterocycles. The molecule has 86 valence electrons. The van der Waals surface area contributed by atoms with Crippen molar-refractivity contribution in [1.29, 1.82) is 0 Å². The number of hydrogen-bond acceptors (Lipinski definition) is 4. The quantitative estimate of drug-likeness (QED) is 0.857. The minimum Gasteiger partial charge on any atom is -0.441 e. The monoisotopic (exact) mass is 259 g/mol. The van der Waals surface area contributed by atoms with E-state index >= 15 is 0 Å². The predicted octanol–water partition coefficient (Wildman–Crippen LogP) is 2.50. The summed E-state index contributed by atoms with van der Waals surface area (Å²) in [6.45, 7) is 1.16. The zero-order valence-electron chi connectivity index (χ0n) is 8.57. The van der Waals surface area contributed by atoms with E-state index in [1.807, 2.05) is 0 Å². The van der Waals surface area contributed by atoms with Gasteiger partial charge in [-0.3, -0.25) is 9.67 Å². The topological polar surface area (TPSA) is 56.0 Å². The summed E-state index contributed by atoms with van der Waals surface area (Å²) in [5, 5.41) is 7.12. The number of nitrogens with zero attached hydrogens (tertiary/aromatic N) is 2. The van der Waals surface area contributed by atoms with Gasteiger partial charge in [0.2, 0.25) is 0 Å². The molecule has 5 nitrogen and oxygen atoms in total. The normalized spacial score (nSPS) is 10.9. The average molecular weight is 260 g/mol. The van der Waals surface area contributed by atoms with Gasteiger partial charge in [-0.05, 0) is 36.0 Å². The molecule has 2 aromatic rings. The number of nitrogens with one attached hydrogen (secondary N) is 1. The molecule has 2 rings (SSSR count). The Morgan fingerprint density at radius 2 is 2.44 bits per heavy atom. The zero-order valence-corrected chi connectivity index (χ0v) is 10.1. The fourth-order valence-electron chi connectivity index (χ4n) is 1.33. The zero-order chi connectivity index (χ0) is 11.5. The second-order valence-corrected chi connectivity index (χ2v) is 3.86. The molecular formula is C9H10ClN3O2S. The van der Waals surface area contributed by atoms with Crippen molar-refractivity contribution < 1.29 is 9.15 Å². The Hall–Kier alpha value is -1.11. The van der Waals surface area contributed by atoms with Crippen molar-refractivity contribution >= 4 is 23.8 Å². The highest BCUT2D eigenvalue weighted by Gasteiger charge is 2.12. The number of aromatic nitrogens is 3. The van der Waals surface area contributed by atoms with Gasteiger partial charge in [0.15, 0.2) is 21.6 Å². The Bertz CT molecular complexity index is 531. The van der Waals surface area contributed by atoms with Crippen LogP contribution in [0.4, 0.5) is 0 Å². The summed E-state index contributed by atoms with van der Waals surface area (Å²) in [6, 6.07) is 3.41. The Morgan fingerprint density at radius 1 is 1.62 bits per heavy atom. The first-order chi connectivity index (χ1) is 7.72. The summed E-state index contributed by atoms with van der Waals surface area (Å²) >= 11 is 10.8. The van der Waals surface area contributed by atoms with Gasteiger partial charge in [0.25, 0.3) is 0 Å². The van der Waals surface area contributed by atoms with E-state index in [0.717, 1.165) is 0 Å². The van der Waals surface area contributed by atoms with Gasteiger partial charge in [-0.15, -0.1) is 0 Å². The van der Waals surface area contributed by atoms with E-state index in [2.05, 4.69) is 10.2 Å². The summed E-state index contributed by atoms with van der Waals surface area (Å²) in [5.74, 6) is 1.20. The van der Waals surface area contributed by atoms with Gasteiger partial charge in [0.1, 0.15) is 0 Å². The summed E-state index contributed by atoms with van der Waals surface area (Å²) in [5.41, 5.74) is 0. The third kappa shape index (κ3) is 2.18. The standard InChI is InChI=1S/C9H10ClN3O2S/c1-14-5-4-13-8(11-12-9(13)16)6-2-3-7(10)15-6/h2-3H,4-5H2,1H3,(H,12,16). The van der Waals surface area contributed by atoms with Crippen molar-refractivity contribution in [2.24, 2.45) is 0 Å². The SMILES string of the molecule is COCCn1c(-c2ccc(Cl)o2)n[nH]c1=S. The Kier molecular flexibility index (Phi) is 3.42. The lowest BCUT2D eigenvalue weighted by Gasteiger charge is -2.03. The molecule has 0 atom stereocenters. The number of halogens is 1. The molecule has 0 saturated heterocycles. The molecule has 0 amide bonds. The van der Waals surface area contributed by atoms with Crippen molar-refractivity contribution in [1.82, 2.24) is 14.8 Å². The molecule has 0 unspecified atom stereocenters. The first kappa shape index (κ1) is 11.4. The minimum absolute atomic E-state index is 0.321. The maximum absolute atomic E-state index is 5.71. The van der Waals surface area contributed by atoms with Crippen LogP contribution in [0.25, 0.3) is 11.6 Å². The number of ether oxygens (including phenoxy) is 1. The third-order valence-corrected chi connectivity index (χ3v) is 2.59. The Balaban J connectivity index is 2.37. The number of aromatic amines is 1. The van der Waals surface area contributed by atoms with Crippen molar-refractivity contribution in [3.05, 3.63) is 22.1 Å². The second-order valence-electron chi connectivity index (χ2n) is 3.10. The van der Waals surface area contributed by atoms with Gasteiger partial charge in [-0.1, -0.05) is 0 Å². The second kappa shape index (κ2) is 4.82. The Morgan fingerprint density at radius 3 is 3.06 bits per heavy atom. The molecule has 2 heterocycles. The van der Waals surface area contributed by atoms with Crippen LogP contribution in [-0.2, 0) is 11.3 Å². The fraction of sp³-hybridized carbons (Fsp3) is 0.333. The molecule has 16 heavy (non-hydrogen) atoms. The molecule has 0 fully saturated rings. The molecule has 0 aromatic carbocycles. The lowest BCUT2D eigenvalue weighted by atomic mass is 10.4. The smallest absolute Gasteiger partial charge is 0.198 e. The summed E-state index contributed by atoms with van der Waals surface area (Å²) in [7, 11) is 1.63. The maximum Gasteiger partial charge on any atom is 0.198 e. The average Bonchev–Trinajstić information content (AvgIpc) is 2.82. The fourth-order valence-corrected chi connectivity index (χ4v) is 1.70. The predicted molar refractivity (Wildman–Crippen MR) is 62.0 cm³/mol.